The van der Waals surface area contributed by atoms with Crippen LogP contribution < -0.4 is 0 Å². The number of phenolic OH excluding ortho intramolecular Hbond substituents is 2. The number of nitrogens with zero attached hydrogens (tertiary/aromatic N) is 1. The van der Waals surface area contributed by atoms with Gasteiger partial charge in [0.25, 0.3) is 0 Å². The van der Waals surface area contributed by atoms with Gasteiger partial charge in [-0.1, -0.05) is 6.07 Å². The first-order valence-electron chi connectivity index (χ1n) is 5.56. The van der Waals surface area contributed by atoms with Crippen LogP contribution in [0.1, 0.15) is 18.4 Å². The van der Waals surface area contributed by atoms with Crippen molar-refractivity contribution in [2.75, 3.05) is 13.2 Å². The Morgan fingerprint density at radius 3 is 2.56 bits per heavy atom. The van der Waals surface area contributed by atoms with Crippen molar-refractivity contribution in [3.8, 4) is 11.5 Å². The van der Waals surface area contributed by atoms with Gasteiger partial charge in [0.05, 0.1) is 6.61 Å². The van der Waals surface area contributed by atoms with E-state index >= 15 is 0 Å². The zero-order valence-corrected chi connectivity index (χ0v) is 9.13. The van der Waals surface area contributed by atoms with Crippen LogP contribution in [-0.2, 0) is 6.54 Å². The molecule has 0 heterocycles. The SMILES string of the molecule is OCCN(Cc1ccc(O)cc1O)C1CC1. The Morgan fingerprint density at radius 2 is 2.00 bits per heavy atom. The van der Waals surface area contributed by atoms with Crippen LogP contribution in [0.15, 0.2) is 18.2 Å². The first kappa shape index (κ1) is 11.2. The van der Waals surface area contributed by atoms with Gasteiger partial charge in [0, 0.05) is 30.8 Å². The van der Waals surface area contributed by atoms with Crippen molar-refractivity contribution < 1.29 is 15.3 Å². The molecule has 0 aliphatic heterocycles. The molecule has 1 fully saturated rings. The molecule has 0 radical (unpaired) electrons. The van der Waals surface area contributed by atoms with Crippen LogP contribution in [-0.4, -0.2) is 39.4 Å². The molecule has 1 aliphatic rings. The predicted molar refractivity (Wildman–Crippen MR) is 60.3 cm³/mol. The number of rotatable bonds is 5. The minimum Gasteiger partial charge on any atom is -0.508 e. The van der Waals surface area contributed by atoms with Gasteiger partial charge in [-0.3, -0.25) is 4.90 Å². The molecule has 4 nitrogen and oxygen atoms in total. The fraction of sp³-hybridized carbons (Fsp3) is 0.500. The van der Waals surface area contributed by atoms with E-state index < -0.39 is 0 Å². The highest BCUT2D eigenvalue weighted by Crippen LogP contribution is 2.30. The summed E-state index contributed by atoms with van der Waals surface area (Å²) in [5, 5.41) is 27.8. The maximum Gasteiger partial charge on any atom is 0.123 e. The van der Waals surface area contributed by atoms with Crippen molar-refractivity contribution in [3.05, 3.63) is 23.8 Å². The molecule has 0 bridgehead atoms. The van der Waals surface area contributed by atoms with E-state index in [0.29, 0.717) is 19.1 Å². The first-order chi connectivity index (χ1) is 7.70. The predicted octanol–water partition coefficient (Wildman–Crippen LogP) is 1.05. The van der Waals surface area contributed by atoms with E-state index in [1.54, 1.807) is 12.1 Å². The first-order valence-corrected chi connectivity index (χ1v) is 5.56. The zero-order chi connectivity index (χ0) is 11.5. The third kappa shape index (κ3) is 2.65. The Kier molecular flexibility index (Phi) is 3.31. The second-order valence-corrected chi connectivity index (χ2v) is 4.24. The average molecular weight is 223 g/mol. The maximum absolute atomic E-state index is 9.66. The van der Waals surface area contributed by atoms with Crippen molar-refractivity contribution in [2.45, 2.75) is 25.4 Å². The largest absolute Gasteiger partial charge is 0.508 e. The highest BCUT2D eigenvalue weighted by atomic mass is 16.3. The summed E-state index contributed by atoms with van der Waals surface area (Å²) < 4.78 is 0. The Bertz CT molecular complexity index is 363. The monoisotopic (exact) mass is 223 g/mol. The number of phenols is 2. The van der Waals surface area contributed by atoms with Crippen LogP contribution in [0.5, 0.6) is 11.5 Å². The molecule has 1 aliphatic carbocycles. The Morgan fingerprint density at radius 1 is 1.25 bits per heavy atom. The smallest absolute Gasteiger partial charge is 0.123 e. The normalized spacial score (nSPS) is 15.6. The highest BCUT2D eigenvalue weighted by Gasteiger charge is 2.28. The van der Waals surface area contributed by atoms with Crippen molar-refractivity contribution in [3.63, 3.8) is 0 Å². The molecule has 0 unspecified atom stereocenters. The molecule has 1 saturated carbocycles. The summed E-state index contributed by atoms with van der Waals surface area (Å²) in [4.78, 5) is 2.16. The van der Waals surface area contributed by atoms with Gasteiger partial charge in [0.15, 0.2) is 0 Å². The number of benzene rings is 1. The number of hydrogen-bond acceptors (Lipinski definition) is 4. The summed E-state index contributed by atoms with van der Waals surface area (Å²) in [5.41, 5.74) is 0.790. The Hall–Kier alpha value is -1.26. The second-order valence-electron chi connectivity index (χ2n) is 4.24. The standard InChI is InChI=1S/C12H17NO3/c14-6-5-13(10-2-3-10)8-9-1-4-11(15)7-12(9)16/h1,4,7,10,14-16H,2-3,5-6,8H2. The molecular weight excluding hydrogens is 206 g/mol. The maximum atomic E-state index is 9.66. The lowest BCUT2D eigenvalue weighted by Gasteiger charge is -2.21. The van der Waals surface area contributed by atoms with E-state index in [-0.39, 0.29) is 18.1 Å². The minimum atomic E-state index is 0.0707. The van der Waals surface area contributed by atoms with E-state index in [9.17, 15) is 10.2 Å². The van der Waals surface area contributed by atoms with Gasteiger partial charge in [0.1, 0.15) is 11.5 Å². The van der Waals surface area contributed by atoms with Crippen LogP contribution in [0, 0.1) is 0 Å². The molecule has 0 amide bonds. The molecular formula is C12H17NO3. The van der Waals surface area contributed by atoms with E-state index in [2.05, 4.69) is 4.90 Å². The van der Waals surface area contributed by atoms with E-state index in [0.717, 1.165) is 5.56 Å². The average Bonchev–Trinajstić information content (AvgIpc) is 3.04. The molecule has 0 saturated heterocycles. The molecule has 4 heteroatoms. The van der Waals surface area contributed by atoms with Crippen molar-refractivity contribution in [2.24, 2.45) is 0 Å². The fourth-order valence-electron chi connectivity index (χ4n) is 1.86. The van der Waals surface area contributed by atoms with Crippen molar-refractivity contribution in [1.29, 1.82) is 0 Å². The zero-order valence-electron chi connectivity index (χ0n) is 9.13. The topological polar surface area (TPSA) is 63.9 Å². The van der Waals surface area contributed by atoms with Crippen LogP contribution in [0.25, 0.3) is 0 Å². The van der Waals surface area contributed by atoms with Gasteiger partial charge in [-0.05, 0) is 18.9 Å². The number of aliphatic hydroxyl groups is 1. The summed E-state index contributed by atoms with van der Waals surface area (Å²) in [6, 6.07) is 5.18. The number of aliphatic hydroxyl groups excluding tert-OH is 1. The third-order valence-electron chi connectivity index (χ3n) is 2.89. The lowest BCUT2D eigenvalue weighted by Crippen LogP contribution is -2.28. The van der Waals surface area contributed by atoms with Gasteiger partial charge in [-0.2, -0.15) is 0 Å². The van der Waals surface area contributed by atoms with Gasteiger partial charge in [0.2, 0.25) is 0 Å². The summed E-state index contributed by atoms with van der Waals surface area (Å²) in [6.45, 7) is 1.39. The molecule has 88 valence electrons. The third-order valence-corrected chi connectivity index (χ3v) is 2.89. The molecule has 16 heavy (non-hydrogen) atoms. The van der Waals surface area contributed by atoms with Gasteiger partial charge in [-0.15, -0.1) is 0 Å². The Balaban J connectivity index is 2.05. The van der Waals surface area contributed by atoms with Crippen molar-refractivity contribution >= 4 is 0 Å². The molecule has 3 N–H and O–H groups in total. The molecule has 0 spiro atoms. The summed E-state index contributed by atoms with van der Waals surface area (Å²) in [5.74, 6) is 0.185. The fourth-order valence-corrected chi connectivity index (χ4v) is 1.86. The second kappa shape index (κ2) is 4.72. The summed E-state index contributed by atoms with van der Waals surface area (Å²) >= 11 is 0. The highest BCUT2D eigenvalue weighted by molar-refractivity contribution is 5.38. The van der Waals surface area contributed by atoms with Crippen molar-refractivity contribution in [1.82, 2.24) is 4.90 Å². The Labute approximate surface area is 94.8 Å². The molecule has 1 aromatic carbocycles. The van der Waals surface area contributed by atoms with Gasteiger partial charge < -0.3 is 15.3 Å². The lowest BCUT2D eigenvalue weighted by molar-refractivity contribution is 0.182. The number of hydrogen-bond donors (Lipinski definition) is 3. The molecule has 0 aromatic heterocycles. The van der Waals surface area contributed by atoms with Crippen LogP contribution in [0.2, 0.25) is 0 Å². The quantitative estimate of drug-likeness (QED) is 0.698. The van der Waals surface area contributed by atoms with Gasteiger partial charge >= 0.3 is 0 Å². The molecule has 1 aromatic rings. The van der Waals surface area contributed by atoms with E-state index in [4.69, 9.17) is 5.11 Å². The number of aromatic hydroxyl groups is 2. The van der Waals surface area contributed by atoms with Crippen LogP contribution in [0.4, 0.5) is 0 Å². The summed E-state index contributed by atoms with van der Waals surface area (Å²) in [7, 11) is 0. The minimum absolute atomic E-state index is 0.0707. The van der Waals surface area contributed by atoms with E-state index in [1.165, 1.54) is 18.9 Å². The molecule has 2 rings (SSSR count). The van der Waals surface area contributed by atoms with Crippen LogP contribution >= 0.6 is 0 Å². The molecule has 0 atom stereocenters. The van der Waals surface area contributed by atoms with Gasteiger partial charge in [-0.25, -0.2) is 0 Å². The lowest BCUT2D eigenvalue weighted by atomic mass is 10.1. The summed E-state index contributed by atoms with van der Waals surface area (Å²) in [6.07, 6.45) is 2.33. The van der Waals surface area contributed by atoms with E-state index in [1.807, 2.05) is 0 Å². The van der Waals surface area contributed by atoms with Crippen LogP contribution in [0.3, 0.4) is 0 Å².